The van der Waals surface area contributed by atoms with E-state index in [4.69, 9.17) is 15.4 Å². The predicted octanol–water partition coefficient (Wildman–Crippen LogP) is 3.96. The Morgan fingerprint density at radius 3 is 2.47 bits per heavy atom. The van der Waals surface area contributed by atoms with Crippen molar-refractivity contribution in [2.24, 2.45) is 5.41 Å². The summed E-state index contributed by atoms with van der Waals surface area (Å²) < 4.78 is 29.4. The van der Waals surface area contributed by atoms with Crippen LogP contribution in [0, 0.1) is 5.41 Å². The molecular formula is C13H16BrClO3S. The maximum absolute atomic E-state index is 11.4. The topological polar surface area (TPSA) is 43.4 Å². The summed E-state index contributed by atoms with van der Waals surface area (Å²) in [5.74, 6) is 0.729. The molecular weight excluding hydrogens is 352 g/mol. The molecule has 0 amide bonds. The van der Waals surface area contributed by atoms with Gasteiger partial charge in [0.1, 0.15) is 5.75 Å². The largest absolute Gasteiger partial charge is 0.492 e. The number of hydrogen-bond donors (Lipinski definition) is 0. The molecule has 1 saturated carbocycles. The summed E-state index contributed by atoms with van der Waals surface area (Å²) in [7, 11) is 1.92. The highest BCUT2D eigenvalue weighted by Crippen LogP contribution is 2.41. The summed E-state index contributed by atoms with van der Waals surface area (Å²) in [6.45, 7) is 0.390. The predicted molar refractivity (Wildman–Crippen MR) is 80.2 cm³/mol. The highest BCUT2D eigenvalue weighted by atomic mass is 79.9. The Labute approximate surface area is 126 Å². The smallest absolute Gasteiger partial charge is 0.233 e. The van der Waals surface area contributed by atoms with Gasteiger partial charge in [0, 0.05) is 16.1 Å². The van der Waals surface area contributed by atoms with Crippen molar-refractivity contribution < 1.29 is 13.2 Å². The lowest BCUT2D eigenvalue weighted by atomic mass is 9.90. The van der Waals surface area contributed by atoms with Crippen LogP contribution in [0.2, 0.25) is 0 Å². The number of hydrogen-bond acceptors (Lipinski definition) is 3. The second-order valence-electron chi connectivity index (χ2n) is 5.11. The number of halogens is 2. The summed E-state index contributed by atoms with van der Waals surface area (Å²) in [5.41, 5.74) is -0.337. The molecule has 1 aromatic rings. The van der Waals surface area contributed by atoms with Gasteiger partial charge < -0.3 is 4.74 Å². The van der Waals surface area contributed by atoms with Gasteiger partial charge in [-0.1, -0.05) is 25.0 Å². The van der Waals surface area contributed by atoms with Gasteiger partial charge in [0.25, 0.3) is 0 Å². The van der Waals surface area contributed by atoms with Crippen molar-refractivity contribution in [1.29, 1.82) is 0 Å². The molecule has 19 heavy (non-hydrogen) atoms. The molecule has 0 saturated heterocycles. The first kappa shape index (κ1) is 15.1. The van der Waals surface area contributed by atoms with Crippen molar-refractivity contribution in [3.8, 4) is 5.75 Å². The SMILES string of the molecule is O=S(=O)(Cl)CC1(COc2ccccc2Br)CCCC1. The molecule has 1 aromatic carbocycles. The first-order chi connectivity index (χ1) is 8.90. The summed E-state index contributed by atoms with van der Waals surface area (Å²) in [6, 6.07) is 7.56. The van der Waals surface area contributed by atoms with Gasteiger partial charge in [-0.15, -0.1) is 0 Å². The number of ether oxygens (including phenoxy) is 1. The van der Waals surface area contributed by atoms with Gasteiger partial charge in [-0.05, 0) is 40.9 Å². The van der Waals surface area contributed by atoms with E-state index in [2.05, 4.69) is 15.9 Å². The van der Waals surface area contributed by atoms with Crippen LogP contribution in [0.25, 0.3) is 0 Å². The van der Waals surface area contributed by atoms with Crippen LogP contribution in [0.15, 0.2) is 28.7 Å². The first-order valence-electron chi connectivity index (χ1n) is 6.20. The Hall–Kier alpha value is -0.260. The Kier molecular flexibility index (Phi) is 4.79. The van der Waals surface area contributed by atoms with Crippen molar-refractivity contribution >= 4 is 35.7 Å². The lowest BCUT2D eigenvalue weighted by Crippen LogP contribution is -2.32. The minimum Gasteiger partial charge on any atom is -0.492 e. The Balaban J connectivity index is 2.08. The summed E-state index contributed by atoms with van der Waals surface area (Å²) in [5, 5.41) is 0. The second-order valence-corrected chi connectivity index (χ2v) is 8.74. The van der Waals surface area contributed by atoms with E-state index in [1.54, 1.807) is 0 Å². The highest BCUT2D eigenvalue weighted by molar-refractivity contribution is 9.10. The average Bonchev–Trinajstić information content (AvgIpc) is 2.74. The zero-order valence-corrected chi connectivity index (χ0v) is 13.6. The molecule has 0 heterocycles. The van der Waals surface area contributed by atoms with Crippen LogP contribution < -0.4 is 4.74 Å². The molecule has 1 aliphatic carbocycles. The van der Waals surface area contributed by atoms with Crippen LogP contribution in [0.5, 0.6) is 5.75 Å². The molecule has 0 radical (unpaired) electrons. The summed E-state index contributed by atoms with van der Waals surface area (Å²) in [4.78, 5) is 0. The maximum atomic E-state index is 11.4. The van der Waals surface area contributed by atoms with Crippen LogP contribution >= 0.6 is 26.6 Å². The standard InChI is InChI=1S/C13H16BrClO3S/c14-11-5-1-2-6-12(11)18-9-13(7-3-4-8-13)10-19(15,16)17/h1-2,5-6H,3-4,7-10H2. The minimum atomic E-state index is -3.50. The maximum Gasteiger partial charge on any atom is 0.233 e. The van der Waals surface area contributed by atoms with Gasteiger partial charge in [0.05, 0.1) is 16.8 Å². The van der Waals surface area contributed by atoms with E-state index in [-0.39, 0.29) is 11.2 Å². The van der Waals surface area contributed by atoms with Gasteiger partial charge in [-0.2, -0.15) is 0 Å². The monoisotopic (exact) mass is 366 g/mol. The van der Waals surface area contributed by atoms with E-state index in [1.807, 2.05) is 24.3 Å². The molecule has 106 valence electrons. The quantitative estimate of drug-likeness (QED) is 0.740. The van der Waals surface area contributed by atoms with Crippen molar-refractivity contribution in [3.05, 3.63) is 28.7 Å². The molecule has 0 atom stereocenters. The summed E-state index contributed by atoms with van der Waals surface area (Å²) >= 11 is 3.42. The van der Waals surface area contributed by atoms with Crippen LogP contribution in [-0.4, -0.2) is 20.8 Å². The fourth-order valence-electron chi connectivity index (χ4n) is 2.61. The van der Waals surface area contributed by atoms with Gasteiger partial charge in [-0.25, -0.2) is 8.42 Å². The van der Waals surface area contributed by atoms with Crippen LogP contribution in [0.1, 0.15) is 25.7 Å². The fraction of sp³-hybridized carbons (Fsp3) is 0.538. The van der Waals surface area contributed by atoms with E-state index in [0.717, 1.165) is 35.9 Å². The molecule has 0 bridgehead atoms. The molecule has 0 spiro atoms. The highest BCUT2D eigenvalue weighted by Gasteiger charge is 2.38. The normalized spacial score (nSPS) is 18.4. The number of rotatable bonds is 5. The van der Waals surface area contributed by atoms with Gasteiger partial charge in [-0.3, -0.25) is 0 Å². The molecule has 1 aliphatic rings. The Bertz CT molecular complexity index is 539. The van der Waals surface area contributed by atoms with Gasteiger partial charge in [0.15, 0.2) is 0 Å². The van der Waals surface area contributed by atoms with Crippen LogP contribution in [0.4, 0.5) is 0 Å². The van der Waals surface area contributed by atoms with E-state index >= 15 is 0 Å². The molecule has 0 aliphatic heterocycles. The first-order valence-corrected chi connectivity index (χ1v) is 9.47. The zero-order valence-electron chi connectivity index (χ0n) is 10.4. The molecule has 0 unspecified atom stereocenters. The third kappa shape index (κ3) is 4.36. The van der Waals surface area contributed by atoms with Gasteiger partial charge >= 0.3 is 0 Å². The average molecular weight is 368 g/mol. The Morgan fingerprint density at radius 2 is 1.89 bits per heavy atom. The third-order valence-corrected chi connectivity index (χ3v) is 5.45. The Morgan fingerprint density at radius 1 is 1.26 bits per heavy atom. The summed E-state index contributed by atoms with van der Waals surface area (Å²) in [6.07, 6.45) is 3.77. The number of para-hydroxylation sites is 1. The molecule has 6 heteroatoms. The van der Waals surface area contributed by atoms with Gasteiger partial charge in [0.2, 0.25) is 9.05 Å². The molecule has 3 nitrogen and oxygen atoms in total. The fourth-order valence-corrected chi connectivity index (χ4v) is 4.81. The minimum absolute atomic E-state index is 0.00793. The zero-order chi connectivity index (χ0) is 13.9. The van der Waals surface area contributed by atoms with Crippen molar-refractivity contribution in [2.45, 2.75) is 25.7 Å². The molecule has 0 N–H and O–H groups in total. The third-order valence-electron chi connectivity index (χ3n) is 3.51. The van der Waals surface area contributed by atoms with E-state index in [0.29, 0.717) is 6.61 Å². The van der Waals surface area contributed by atoms with Crippen LogP contribution in [-0.2, 0) is 9.05 Å². The van der Waals surface area contributed by atoms with E-state index in [1.165, 1.54) is 0 Å². The lowest BCUT2D eigenvalue weighted by molar-refractivity contribution is 0.170. The molecule has 1 fully saturated rings. The molecule has 2 rings (SSSR count). The lowest BCUT2D eigenvalue weighted by Gasteiger charge is -2.27. The van der Waals surface area contributed by atoms with Crippen molar-refractivity contribution in [2.75, 3.05) is 12.4 Å². The van der Waals surface area contributed by atoms with Crippen molar-refractivity contribution in [1.82, 2.24) is 0 Å². The van der Waals surface area contributed by atoms with E-state index in [9.17, 15) is 8.42 Å². The molecule has 0 aromatic heterocycles. The second kappa shape index (κ2) is 6.02. The van der Waals surface area contributed by atoms with Crippen molar-refractivity contribution in [3.63, 3.8) is 0 Å². The van der Waals surface area contributed by atoms with E-state index < -0.39 is 9.05 Å². The van der Waals surface area contributed by atoms with Crippen LogP contribution in [0.3, 0.4) is 0 Å². The number of benzene rings is 1.